The average molecular weight is 490 g/mol. The van der Waals surface area contributed by atoms with Crippen LogP contribution in [0.5, 0.6) is 0 Å². The first kappa shape index (κ1) is 23.0. The molecule has 1 N–H and O–H groups in total. The Balaban J connectivity index is 1.36. The number of esters is 1. The number of carbonyl (C=O) groups is 2. The van der Waals surface area contributed by atoms with Crippen molar-refractivity contribution < 1.29 is 22.7 Å². The van der Waals surface area contributed by atoms with Gasteiger partial charge in [-0.1, -0.05) is 29.8 Å². The number of nitrogens with one attached hydrogen (secondary N) is 1. The molecule has 33 heavy (non-hydrogen) atoms. The number of hydrogen-bond acceptors (Lipinski definition) is 6. The van der Waals surface area contributed by atoms with Gasteiger partial charge in [-0.05, 0) is 30.3 Å². The van der Waals surface area contributed by atoms with E-state index in [1.807, 2.05) is 0 Å². The van der Waals surface area contributed by atoms with Gasteiger partial charge in [0.15, 0.2) is 6.61 Å². The van der Waals surface area contributed by atoms with Gasteiger partial charge < -0.3 is 14.6 Å². The summed E-state index contributed by atoms with van der Waals surface area (Å²) in [5.74, 6) is -1.23. The molecule has 0 spiro atoms. The maximum atomic E-state index is 12.8. The summed E-state index contributed by atoms with van der Waals surface area (Å²) in [6.07, 6.45) is 0. The highest BCUT2D eigenvalue weighted by molar-refractivity contribution is 7.89. The summed E-state index contributed by atoms with van der Waals surface area (Å²) in [5.41, 5.74) is 0.104. The molecule has 1 aliphatic heterocycles. The lowest BCUT2D eigenvalue weighted by Crippen LogP contribution is -2.51. The largest absolute Gasteiger partial charge is 0.452 e. The van der Waals surface area contributed by atoms with Crippen molar-refractivity contribution in [1.82, 2.24) is 14.2 Å². The Bertz CT molecular complexity index is 1360. The number of para-hydroxylation sites is 1. The van der Waals surface area contributed by atoms with Gasteiger partial charge >= 0.3 is 5.97 Å². The van der Waals surface area contributed by atoms with Crippen LogP contribution in [0, 0.1) is 0 Å². The average Bonchev–Trinajstić information content (AvgIpc) is 2.82. The number of nitrogens with zero attached hydrogens (tertiary/aromatic N) is 2. The number of ether oxygens (including phenoxy) is 1. The summed E-state index contributed by atoms with van der Waals surface area (Å²) < 4.78 is 32.0. The second-order valence-electron chi connectivity index (χ2n) is 7.41. The second-order valence-corrected chi connectivity index (χ2v) is 9.78. The number of aromatic nitrogens is 1. The van der Waals surface area contributed by atoms with Crippen LogP contribution in [0.3, 0.4) is 0 Å². The van der Waals surface area contributed by atoms with Crippen LogP contribution in [-0.2, 0) is 19.6 Å². The third-order valence-electron chi connectivity index (χ3n) is 5.34. The van der Waals surface area contributed by atoms with Gasteiger partial charge in [-0.25, -0.2) is 13.2 Å². The van der Waals surface area contributed by atoms with Gasteiger partial charge in [0.05, 0.1) is 10.5 Å². The van der Waals surface area contributed by atoms with Crippen molar-refractivity contribution in [2.75, 3.05) is 32.8 Å². The summed E-state index contributed by atoms with van der Waals surface area (Å²) in [4.78, 5) is 41.1. The number of fused-ring (bicyclic) bond motifs is 1. The maximum Gasteiger partial charge on any atom is 0.339 e. The molecule has 0 radical (unpaired) electrons. The van der Waals surface area contributed by atoms with E-state index in [1.165, 1.54) is 33.5 Å². The minimum Gasteiger partial charge on any atom is -0.452 e. The van der Waals surface area contributed by atoms with Crippen LogP contribution >= 0.6 is 11.6 Å². The molecule has 1 aromatic heterocycles. The normalized spacial score (nSPS) is 14.9. The molecule has 1 saturated heterocycles. The Morgan fingerprint density at radius 3 is 2.36 bits per heavy atom. The second kappa shape index (κ2) is 9.34. The van der Waals surface area contributed by atoms with E-state index >= 15 is 0 Å². The molecule has 3 aromatic rings. The van der Waals surface area contributed by atoms with Gasteiger partial charge in [0, 0.05) is 48.2 Å². The monoisotopic (exact) mass is 489 g/mol. The minimum atomic E-state index is -3.70. The number of halogens is 1. The number of aromatic amines is 1. The van der Waals surface area contributed by atoms with Gasteiger partial charge in [-0.3, -0.25) is 9.59 Å². The van der Waals surface area contributed by atoms with Crippen molar-refractivity contribution in [1.29, 1.82) is 0 Å². The van der Waals surface area contributed by atoms with Gasteiger partial charge in [0.25, 0.3) is 5.91 Å². The highest BCUT2D eigenvalue weighted by Gasteiger charge is 2.30. The molecule has 2 aromatic carbocycles. The summed E-state index contributed by atoms with van der Waals surface area (Å²) >= 11 is 5.82. The van der Waals surface area contributed by atoms with E-state index in [1.54, 1.807) is 24.3 Å². The van der Waals surface area contributed by atoms with Crippen molar-refractivity contribution >= 4 is 44.4 Å². The topological polar surface area (TPSA) is 117 Å². The minimum absolute atomic E-state index is 0.0704. The van der Waals surface area contributed by atoms with Gasteiger partial charge in [0.2, 0.25) is 15.6 Å². The Hall–Kier alpha value is -3.21. The van der Waals surface area contributed by atoms with E-state index in [9.17, 15) is 22.8 Å². The molecule has 1 fully saturated rings. The Kier molecular flexibility index (Phi) is 6.50. The number of H-pyrrole nitrogens is 1. The number of benzene rings is 2. The zero-order chi connectivity index (χ0) is 23.6. The number of amides is 1. The van der Waals surface area contributed by atoms with Crippen molar-refractivity contribution in [3.05, 3.63) is 75.5 Å². The quantitative estimate of drug-likeness (QED) is 0.547. The van der Waals surface area contributed by atoms with Crippen LogP contribution in [0.4, 0.5) is 0 Å². The molecule has 4 rings (SSSR count). The number of pyridine rings is 1. The molecule has 1 aliphatic rings. The standard InChI is InChI=1S/C22H20ClN3O6S/c23-15-5-7-16(8-6-15)33(30,31)26-11-9-25(10-12-26)21(28)14-32-22(29)18-13-20(27)24-19-4-2-1-3-17(18)19/h1-8,13H,9-12,14H2,(H,24,27). The fourth-order valence-corrected chi connectivity index (χ4v) is 5.15. The molecule has 11 heteroatoms. The first-order valence-electron chi connectivity index (χ1n) is 10.1. The molecular formula is C22H20ClN3O6S. The highest BCUT2D eigenvalue weighted by Crippen LogP contribution is 2.20. The highest BCUT2D eigenvalue weighted by atomic mass is 35.5. The summed E-state index contributed by atoms with van der Waals surface area (Å²) in [7, 11) is -3.70. The number of rotatable bonds is 5. The van der Waals surface area contributed by atoms with Crippen molar-refractivity contribution in [2.24, 2.45) is 0 Å². The molecular weight excluding hydrogens is 470 g/mol. The Morgan fingerprint density at radius 2 is 1.67 bits per heavy atom. The van der Waals surface area contributed by atoms with Crippen LogP contribution in [0.15, 0.2) is 64.3 Å². The fraction of sp³-hybridized carbons (Fsp3) is 0.227. The summed E-state index contributed by atoms with van der Waals surface area (Å²) in [6, 6.07) is 13.8. The number of sulfonamides is 1. The Labute approximate surface area is 194 Å². The van der Waals surface area contributed by atoms with Crippen LogP contribution in [0.1, 0.15) is 10.4 Å². The van der Waals surface area contributed by atoms with Gasteiger partial charge in [0.1, 0.15) is 0 Å². The van der Waals surface area contributed by atoms with E-state index in [-0.39, 0.29) is 36.6 Å². The molecule has 0 atom stereocenters. The zero-order valence-corrected chi connectivity index (χ0v) is 18.9. The van der Waals surface area contributed by atoms with Gasteiger partial charge in [-0.2, -0.15) is 4.31 Å². The summed E-state index contributed by atoms with van der Waals surface area (Å²) in [5, 5.41) is 0.947. The zero-order valence-electron chi connectivity index (χ0n) is 17.4. The van der Waals surface area contributed by atoms with Crippen LogP contribution in [0.2, 0.25) is 5.02 Å². The molecule has 172 valence electrons. The third-order valence-corrected chi connectivity index (χ3v) is 7.50. The predicted molar refractivity (Wildman–Crippen MR) is 122 cm³/mol. The molecule has 1 amide bonds. The van der Waals surface area contributed by atoms with E-state index < -0.39 is 34.1 Å². The number of carbonyl (C=O) groups excluding carboxylic acids is 2. The molecule has 9 nitrogen and oxygen atoms in total. The van der Waals surface area contributed by atoms with Crippen LogP contribution in [0.25, 0.3) is 10.9 Å². The number of hydrogen-bond donors (Lipinski definition) is 1. The van der Waals surface area contributed by atoms with Crippen molar-refractivity contribution in [2.45, 2.75) is 4.90 Å². The number of piperazine rings is 1. The molecule has 0 unspecified atom stereocenters. The summed E-state index contributed by atoms with van der Waals surface area (Å²) in [6.45, 7) is 0.0465. The lowest BCUT2D eigenvalue weighted by molar-refractivity contribution is -0.135. The van der Waals surface area contributed by atoms with Crippen LogP contribution in [-0.4, -0.2) is 67.3 Å². The SMILES string of the molecule is O=C(OCC(=O)N1CCN(S(=O)(=O)c2ccc(Cl)cc2)CC1)c1cc(=O)[nH]c2ccccc12. The van der Waals surface area contributed by atoms with Gasteiger partial charge in [-0.15, -0.1) is 0 Å². The molecule has 2 heterocycles. The van der Waals surface area contributed by atoms with Crippen molar-refractivity contribution in [3.63, 3.8) is 0 Å². The smallest absolute Gasteiger partial charge is 0.339 e. The van der Waals surface area contributed by atoms with Crippen LogP contribution < -0.4 is 5.56 Å². The molecule has 0 bridgehead atoms. The Morgan fingerprint density at radius 1 is 1.00 bits per heavy atom. The van der Waals surface area contributed by atoms with E-state index in [0.29, 0.717) is 15.9 Å². The lowest BCUT2D eigenvalue weighted by Gasteiger charge is -2.33. The van der Waals surface area contributed by atoms with E-state index in [2.05, 4.69) is 4.98 Å². The first-order chi connectivity index (χ1) is 15.8. The lowest BCUT2D eigenvalue weighted by atomic mass is 10.1. The molecule has 0 saturated carbocycles. The van der Waals surface area contributed by atoms with E-state index in [4.69, 9.17) is 16.3 Å². The predicted octanol–water partition coefficient (Wildman–Crippen LogP) is 1.87. The third kappa shape index (κ3) is 4.92. The fourth-order valence-electron chi connectivity index (χ4n) is 3.60. The van der Waals surface area contributed by atoms with E-state index in [0.717, 1.165) is 6.07 Å². The maximum absolute atomic E-state index is 12.8. The van der Waals surface area contributed by atoms with Crippen molar-refractivity contribution in [3.8, 4) is 0 Å². The molecule has 0 aliphatic carbocycles. The first-order valence-corrected chi connectivity index (χ1v) is 11.9.